The molecule has 0 spiro atoms. The predicted octanol–water partition coefficient (Wildman–Crippen LogP) is 4.03. The van der Waals surface area contributed by atoms with Crippen molar-refractivity contribution in [2.75, 3.05) is 0 Å². The molecule has 0 amide bonds. The molecule has 2 rings (SSSR count). The second-order valence-electron chi connectivity index (χ2n) is 5.22. The summed E-state index contributed by atoms with van der Waals surface area (Å²) >= 11 is 0. The molecule has 0 saturated heterocycles. The molecule has 19 heavy (non-hydrogen) atoms. The normalized spacial score (nSPS) is 12.5. The van der Waals surface area contributed by atoms with E-state index in [2.05, 4.69) is 18.2 Å². The zero-order valence-corrected chi connectivity index (χ0v) is 11.6. The maximum atomic E-state index is 13.1. The molecule has 0 heterocycles. The molecule has 1 atom stereocenters. The minimum atomic E-state index is -0.596. The van der Waals surface area contributed by atoms with Crippen molar-refractivity contribution in [1.82, 2.24) is 0 Å². The largest absolute Gasteiger partial charge is 0.388 e. The standard InChI is InChI=1S/C17H19FO/c1-11-6-12(2)8-14(7-11)10-17(19)16-5-4-15(18)9-13(16)3/h4-9,17,19H,10H2,1-3H3. The Hall–Kier alpha value is -1.67. The average molecular weight is 258 g/mol. The molecule has 0 bridgehead atoms. The van der Waals surface area contributed by atoms with Gasteiger partial charge in [-0.25, -0.2) is 4.39 Å². The van der Waals surface area contributed by atoms with Gasteiger partial charge in [0.05, 0.1) is 6.10 Å². The van der Waals surface area contributed by atoms with Crippen LogP contribution in [0.2, 0.25) is 0 Å². The highest BCUT2D eigenvalue weighted by molar-refractivity contribution is 5.33. The summed E-state index contributed by atoms with van der Waals surface area (Å²) in [5, 5.41) is 10.3. The van der Waals surface area contributed by atoms with Gasteiger partial charge in [-0.1, -0.05) is 35.4 Å². The molecule has 0 saturated carbocycles. The van der Waals surface area contributed by atoms with Gasteiger partial charge >= 0.3 is 0 Å². The van der Waals surface area contributed by atoms with Gasteiger partial charge < -0.3 is 5.11 Å². The smallest absolute Gasteiger partial charge is 0.123 e. The number of aliphatic hydroxyl groups excluding tert-OH is 1. The van der Waals surface area contributed by atoms with Crippen LogP contribution in [0.25, 0.3) is 0 Å². The third-order valence-corrected chi connectivity index (χ3v) is 3.30. The van der Waals surface area contributed by atoms with E-state index < -0.39 is 6.10 Å². The van der Waals surface area contributed by atoms with Gasteiger partial charge in [0.2, 0.25) is 0 Å². The Labute approximate surface area is 113 Å². The van der Waals surface area contributed by atoms with Gasteiger partial charge in [-0.2, -0.15) is 0 Å². The number of halogens is 1. The van der Waals surface area contributed by atoms with Crippen LogP contribution in [0.4, 0.5) is 4.39 Å². The topological polar surface area (TPSA) is 20.2 Å². The molecule has 0 aromatic heterocycles. The SMILES string of the molecule is Cc1cc(C)cc(CC(O)c2ccc(F)cc2C)c1. The molecule has 2 aromatic rings. The van der Waals surface area contributed by atoms with Crippen LogP contribution in [0.1, 0.15) is 33.9 Å². The van der Waals surface area contributed by atoms with E-state index in [1.165, 1.54) is 23.3 Å². The fourth-order valence-electron chi connectivity index (χ4n) is 2.53. The minimum Gasteiger partial charge on any atom is -0.388 e. The molecule has 2 aromatic carbocycles. The van der Waals surface area contributed by atoms with Gasteiger partial charge in [-0.15, -0.1) is 0 Å². The Morgan fingerprint density at radius 2 is 1.63 bits per heavy atom. The van der Waals surface area contributed by atoms with Gasteiger partial charge in [-0.3, -0.25) is 0 Å². The maximum absolute atomic E-state index is 13.1. The highest BCUT2D eigenvalue weighted by Crippen LogP contribution is 2.23. The molecule has 0 aliphatic heterocycles. The van der Waals surface area contributed by atoms with Gasteiger partial charge in [0, 0.05) is 6.42 Å². The van der Waals surface area contributed by atoms with Crippen molar-refractivity contribution >= 4 is 0 Å². The lowest BCUT2D eigenvalue weighted by Crippen LogP contribution is -2.04. The molecule has 0 aliphatic carbocycles. The Kier molecular flexibility index (Phi) is 4.01. The van der Waals surface area contributed by atoms with Crippen molar-refractivity contribution < 1.29 is 9.50 Å². The number of aliphatic hydroxyl groups is 1. The van der Waals surface area contributed by atoms with E-state index in [4.69, 9.17) is 0 Å². The summed E-state index contributed by atoms with van der Waals surface area (Å²) in [5.74, 6) is -0.264. The molecular formula is C17H19FO. The first-order valence-electron chi connectivity index (χ1n) is 6.47. The van der Waals surface area contributed by atoms with Crippen molar-refractivity contribution in [3.8, 4) is 0 Å². The highest BCUT2D eigenvalue weighted by atomic mass is 19.1. The van der Waals surface area contributed by atoms with Crippen LogP contribution in [0.15, 0.2) is 36.4 Å². The van der Waals surface area contributed by atoms with E-state index in [1.807, 2.05) is 20.8 Å². The van der Waals surface area contributed by atoms with E-state index in [0.29, 0.717) is 6.42 Å². The second kappa shape index (κ2) is 5.54. The van der Waals surface area contributed by atoms with E-state index in [1.54, 1.807) is 6.07 Å². The Balaban J connectivity index is 2.22. The first kappa shape index (κ1) is 13.8. The summed E-state index contributed by atoms with van der Waals surface area (Å²) in [6, 6.07) is 10.8. The summed E-state index contributed by atoms with van der Waals surface area (Å²) in [6.45, 7) is 5.92. The maximum Gasteiger partial charge on any atom is 0.123 e. The Bertz CT molecular complexity index is 570. The predicted molar refractivity (Wildman–Crippen MR) is 75.7 cm³/mol. The van der Waals surface area contributed by atoms with Gasteiger partial charge in [0.15, 0.2) is 0 Å². The third-order valence-electron chi connectivity index (χ3n) is 3.30. The van der Waals surface area contributed by atoms with Crippen LogP contribution >= 0.6 is 0 Å². The van der Waals surface area contributed by atoms with E-state index in [-0.39, 0.29) is 5.82 Å². The number of rotatable bonds is 3. The Morgan fingerprint density at radius 3 is 2.21 bits per heavy atom. The first-order chi connectivity index (χ1) is 8.95. The lowest BCUT2D eigenvalue weighted by Gasteiger charge is -2.14. The summed E-state index contributed by atoms with van der Waals surface area (Å²) in [6.07, 6.45) is -0.0450. The van der Waals surface area contributed by atoms with Crippen LogP contribution in [-0.2, 0) is 6.42 Å². The molecule has 1 nitrogen and oxygen atoms in total. The summed E-state index contributed by atoms with van der Waals surface area (Å²) < 4.78 is 13.1. The number of hydrogen-bond acceptors (Lipinski definition) is 1. The van der Waals surface area contributed by atoms with E-state index in [0.717, 1.165) is 16.7 Å². The molecule has 2 heteroatoms. The molecule has 100 valence electrons. The lowest BCUT2D eigenvalue weighted by atomic mass is 9.96. The number of hydrogen-bond donors (Lipinski definition) is 1. The van der Waals surface area contributed by atoms with Crippen LogP contribution in [0, 0.1) is 26.6 Å². The summed E-state index contributed by atoms with van der Waals surface area (Å²) in [5.41, 5.74) is 5.07. The third kappa shape index (κ3) is 3.42. The molecular weight excluding hydrogens is 239 g/mol. The first-order valence-corrected chi connectivity index (χ1v) is 6.47. The van der Waals surface area contributed by atoms with Crippen LogP contribution in [0.3, 0.4) is 0 Å². The average Bonchev–Trinajstić information content (AvgIpc) is 2.26. The molecule has 1 N–H and O–H groups in total. The number of aryl methyl sites for hydroxylation is 3. The van der Waals surface area contributed by atoms with Gasteiger partial charge in [0.1, 0.15) is 5.82 Å². The van der Waals surface area contributed by atoms with Crippen LogP contribution in [-0.4, -0.2) is 5.11 Å². The van der Waals surface area contributed by atoms with Crippen molar-refractivity contribution in [2.24, 2.45) is 0 Å². The Morgan fingerprint density at radius 1 is 1.00 bits per heavy atom. The van der Waals surface area contributed by atoms with Crippen LogP contribution in [0.5, 0.6) is 0 Å². The van der Waals surface area contributed by atoms with Gasteiger partial charge in [-0.05, 0) is 49.6 Å². The number of benzene rings is 2. The minimum absolute atomic E-state index is 0.264. The van der Waals surface area contributed by atoms with Gasteiger partial charge in [0.25, 0.3) is 0 Å². The fraction of sp³-hybridized carbons (Fsp3) is 0.294. The summed E-state index contributed by atoms with van der Waals surface area (Å²) in [4.78, 5) is 0. The molecule has 0 fully saturated rings. The molecule has 1 unspecified atom stereocenters. The molecule has 0 aliphatic rings. The van der Waals surface area contributed by atoms with E-state index >= 15 is 0 Å². The van der Waals surface area contributed by atoms with E-state index in [9.17, 15) is 9.50 Å². The van der Waals surface area contributed by atoms with Crippen molar-refractivity contribution in [2.45, 2.75) is 33.3 Å². The quantitative estimate of drug-likeness (QED) is 0.881. The molecule has 0 radical (unpaired) electrons. The second-order valence-corrected chi connectivity index (χ2v) is 5.22. The van der Waals surface area contributed by atoms with Crippen LogP contribution < -0.4 is 0 Å². The highest BCUT2D eigenvalue weighted by Gasteiger charge is 2.12. The van der Waals surface area contributed by atoms with Crippen molar-refractivity contribution in [3.05, 3.63) is 70.0 Å². The fourth-order valence-corrected chi connectivity index (χ4v) is 2.53. The lowest BCUT2D eigenvalue weighted by molar-refractivity contribution is 0.177. The zero-order chi connectivity index (χ0) is 14.0. The summed E-state index contributed by atoms with van der Waals surface area (Å²) in [7, 11) is 0. The monoisotopic (exact) mass is 258 g/mol. The van der Waals surface area contributed by atoms with Crippen molar-refractivity contribution in [1.29, 1.82) is 0 Å². The zero-order valence-electron chi connectivity index (χ0n) is 11.6. The van der Waals surface area contributed by atoms with Crippen molar-refractivity contribution in [3.63, 3.8) is 0 Å².